The van der Waals surface area contributed by atoms with Crippen LogP contribution in [-0.4, -0.2) is 15.5 Å². The highest BCUT2D eigenvalue weighted by molar-refractivity contribution is 6.24. The van der Waals surface area contributed by atoms with Crippen LogP contribution >= 0.6 is 24.2 Å². The van der Waals surface area contributed by atoms with Gasteiger partial charge in [-0.3, -0.25) is 9.63 Å². The number of amides is 1. The predicted octanol–water partition coefficient (Wildman–Crippen LogP) is 5.62. The van der Waals surface area contributed by atoms with Crippen molar-refractivity contribution in [1.29, 1.82) is 0 Å². The third kappa shape index (κ3) is 4.29. The average molecular weight is 426 g/mol. The van der Waals surface area contributed by atoms with Gasteiger partial charge in [0.1, 0.15) is 5.82 Å². The van der Waals surface area contributed by atoms with Crippen LogP contribution in [0.3, 0.4) is 0 Å². The van der Waals surface area contributed by atoms with Crippen LogP contribution in [0, 0.1) is 0 Å². The van der Waals surface area contributed by atoms with Gasteiger partial charge in [0, 0.05) is 30.3 Å². The van der Waals surface area contributed by atoms with Gasteiger partial charge in [-0.2, -0.15) is 0 Å². The second-order valence-electron chi connectivity index (χ2n) is 6.66. The highest BCUT2D eigenvalue weighted by Crippen LogP contribution is 2.23. The Kier molecular flexibility index (Phi) is 6.57. The number of hydrogen-bond donors (Lipinski definition) is 1. The summed E-state index contributed by atoms with van der Waals surface area (Å²) < 4.78 is 2.16. The van der Waals surface area contributed by atoms with E-state index in [-0.39, 0.29) is 18.3 Å². The quantitative estimate of drug-likeness (QED) is 0.421. The van der Waals surface area contributed by atoms with Gasteiger partial charge in [0.05, 0.1) is 11.0 Å². The van der Waals surface area contributed by atoms with Gasteiger partial charge in [-0.05, 0) is 34.9 Å². The van der Waals surface area contributed by atoms with Crippen molar-refractivity contribution in [3.63, 3.8) is 0 Å². The number of aryl methyl sites for hydroxylation is 1. The highest BCUT2D eigenvalue weighted by Gasteiger charge is 2.13. The normalized spacial score (nSPS) is 10.6. The largest absolute Gasteiger partial charge is 0.323 e. The third-order valence-electron chi connectivity index (χ3n) is 4.89. The molecule has 4 rings (SSSR count). The fraction of sp³-hybridized carbons (Fsp3) is 0.130. The third-order valence-corrected chi connectivity index (χ3v) is 5.06. The molecule has 4 aromatic rings. The molecule has 0 saturated heterocycles. The minimum atomic E-state index is -0.318. The average Bonchev–Trinajstić information content (AvgIpc) is 3.11. The van der Waals surface area contributed by atoms with E-state index in [1.807, 2.05) is 30.3 Å². The number of carbonyl (C=O) groups is 1. The molecule has 0 spiro atoms. The lowest BCUT2D eigenvalue weighted by Gasteiger charge is -2.10. The Morgan fingerprint density at radius 2 is 1.69 bits per heavy atom. The SMILES string of the molecule is CCc1nc2ccc(C(=O)NCl)cc2n1Cc1ccc(-c2ccccc2)cc1.Cl. The maximum absolute atomic E-state index is 11.9. The summed E-state index contributed by atoms with van der Waals surface area (Å²) in [5.41, 5.74) is 5.90. The second kappa shape index (κ2) is 9.12. The van der Waals surface area contributed by atoms with E-state index in [4.69, 9.17) is 16.8 Å². The molecule has 0 radical (unpaired) electrons. The maximum atomic E-state index is 11.9. The van der Waals surface area contributed by atoms with Crippen molar-refractivity contribution in [3.05, 3.63) is 89.7 Å². The Hall–Kier alpha value is -2.82. The molecule has 0 saturated carbocycles. The van der Waals surface area contributed by atoms with E-state index in [9.17, 15) is 4.79 Å². The molecule has 6 heteroatoms. The summed E-state index contributed by atoms with van der Waals surface area (Å²) in [6.45, 7) is 2.78. The van der Waals surface area contributed by atoms with Gasteiger partial charge in [-0.25, -0.2) is 4.98 Å². The Bertz CT molecular complexity index is 1120. The molecule has 29 heavy (non-hydrogen) atoms. The lowest BCUT2D eigenvalue weighted by Crippen LogP contribution is -2.12. The Labute approximate surface area is 181 Å². The van der Waals surface area contributed by atoms with Crippen LogP contribution in [0.25, 0.3) is 22.2 Å². The molecule has 1 heterocycles. The zero-order chi connectivity index (χ0) is 19.5. The van der Waals surface area contributed by atoms with Crippen molar-refractivity contribution in [3.8, 4) is 11.1 Å². The first-order valence-electron chi connectivity index (χ1n) is 9.24. The van der Waals surface area contributed by atoms with Gasteiger partial charge in [-0.1, -0.05) is 61.5 Å². The monoisotopic (exact) mass is 425 g/mol. The maximum Gasteiger partial charge on any atom is 0.265 e. The number of fused-ring (bicyclic) bond motifs is 1. The number of carbonyl (C=O) groups excluding carboxylic acids is 1. The van der Waals surface area contributed by atoms with Gasteiger partial charge in [-0.15, -0.1) is 12.4 Å². The number of benzene rings is 3. The van der Waals surface area contributed by atoms with E-state index in [1.165, 1.54) is 16.7 Å². The molecule has 1 amide bonds. The summed E-state index contributed by atoms with van der Waals surface area (Å²) in [5.74, 6) is 0.673. The zero-order valence-corrected chi connectivity index (χ0v) is 17.5. The minimum Gasteiger partial charge on any atom is -0.323 e. The number of nitrogens with zero attached hydrogens (tertiary/aromatic N) is 2. The Morgan fingerprint density at radius 1 is 1.00 bits per heavy atom. The molecule has 0 bridgehead atoms. The van der Waals surface area contributed by atoms with Crippen LogP contribution in [0.1, 0.15) is 28.7 Å². The van der Waals surface area contributed by atoms with Crippen molar-refractivity contribution >= 4 is 41.1 Å². The first-order valence-corrected chi connectivity index (χ1v) is 9.62. The Balaban J connectivity index is 0.00000240. The van der Waals surface area contributed by atoms with Gasteiger partial charge in [0.2, 0.25) is 0 Å². The molecule has 0 aliphatic heterocycles. The van der Waals surface area contributed by atoms with Crippen LogP contribution in [-0.2, 0) is 13.0 Å². The molecule has 0 unspecified atom stereocenters. The second-order valence-corrected chi connectivity index (χ2v) is 6.85. The van der Waals surface area contributed by atoms with E-state index in [2.05, 4.69) is 52.7 Å². The van der Waals surface area contributed by atoms with Crippen molar-refractivity contribution in [2.45, 2.75) is 19.9 Å². The van der Waals surface area contributed by atoms with Crippen molar-refractivity contribution in [1.82, 2.24) is 14.4 Å². The summed E-state index contributed by atoms with van der Waals surface area (Å²) in [4.78, 5) is 18.8. The number of rotatable bonds is 5. The van der Waals surface area contributed by atoms with E-state index < -0.39 is 0 Å². The number of imidazole rings is 1. The van der Waals surface area contributed by atoms with Crippen LogP contribution in [0.2, 0.25) is 0 Å². The van der Waals surface area contributed by atoms with E-state index in [0.717, 1.165) is 23.3 Å². The van der Waals surface area contributed by atoms with Crippen molar-refractivity contribution in [2.24, 2.45) is 0 Å². The summed E-state index contributed by atoms with van der Waals surface area (Å²) in [6.07, 6.45) is 0.813. The molecular formula is C23H21Cl2N3O. The lowest BCUT2D eigenvalue weighted by molar-refractivity contribution is 0.0982. The van der Waals surface area contributed by atoms with Gasteiger partial charge in [0.15, 0.2) is 0 Å². The number of hydrogen-bond acceptors (Lipinski definition) is 2. The molecular weight excluding hydrogens is 405 g/mol. The van der Waals surface area contributed by atoms with Gasteiger partial charge < -0.3 is 4.57 Å². The fourth-order valence-corrected chi connectivity index (χ4v) is 3.54. The highest BCUT2D eigenvalue weighted by atomic mass is 35.5. The summed E-state index contributed by atoms with van der Waals surface area (Å²) >= 11 is 5.48. The number of halogens is 2. The molecule has 1 N–H and O–H groups in total. The van der Waals surface area contributed by atoms with Crippen LogP contribution in [0.4, 0.5) is 0 Å². The first kappa shape index (κ1) is 20.9. The molecule has 0 aliphatic carbocycles. The smallest absolute Gasteiger partial charge is 0.265 e. The minimum absolute atomic E-state index is 0. The standard InChI is InChI=1S/C23H20ClN3O.ClH/c1-2-22-25-20-13-12-19(23(28)26-24)14-21(20)27(22)15-16-8-10-18(11-9-16)17-6-4-3-5-7-17;/h3-14H,2,15H2,1H3,(H,26,28);1H. The molecule has 1 aromatic heterocycles. The zero-order valence-electron chi connectivity index (χ0n) is 15.9. The van der Waals surface area contributed by atoms with Gasteiger partial charge >= 0.3 is 0 Å². The molecule has 148 valence electrons. The number of nitrogens with one attached hydrogen (secondary N) is 1. The lowest BCUT2D eigenvalue weighted by atomic mass is 10.0. The molecule has 3 aromatic carbocycles. The number of aromatic nitrogens is 2. The Morgan fingerprint density at radius 3 is 2.34 bits per heavy atom. The molecule has 0 fully saturated rings. The topological polar surface area (TPSA) is 46.9 Å². The van der Waals surface area contributed by atoms with Crippen molar-refractivity contribution < 1.29 is 4.79 Å². The molecule has 0 atom stereocenters. The summed E-state index contributed by atoms with van der Waals surface area (Å²) in [6, 6.07) is 24.3. The van der Waals surface area contributed by atoms with Crippen LogP contribution in [0.15, 0.2) is 72.8 Å². The van der Waals surface area contributed by atoms with Crippen LogP contribution in [0.5, 0.6) is 0 Å². The fourth-order valence-electron chi connectivity index (χ4n) is 3.43. The van der Waals surface area contributed by atoms with E-state index in [0.29, 0.717) is 12.1 Å². The predicted molar refractivity (Wildman–Crippen MR) is 121 cm³/mol. The van der Waals surface area contributed by atoms with Crippen molar-refractivity contribution in [2.75, 3.05) is 0 Å². The first-order chi connectivity index (χ1) is 13.7. The molecule has 0 aliphatic rings. The molecule has 4 nitrogen and oxygen atoms in total. The van der Waals surface area contributed by atoms with Gasteiger partial charge in [0.25, 0.3) is 5.91 Å². The van der Waals surface area contributed by atoms with E-state index >= 15 is 0 Å². The summed E-state index contributed by atoms with van der Waals surface area (Å²) in [5, 5.41) is 0. The van der Waals surface area contributed by atoms with E-state index in [1.54, 1.807) is 6.07 Å². The van der Waals surface area contributed by atoms with Crippen LogP contribution < -0.4 is 4.84 Å². The summed E-state index contributed by atoms with van der Waals surface area (Å²) in [7, 11) is 0.